The molecule has 24 heavy (non-hydrogen) atoms. The highest BCUT2D eigenvalue weighted by Gasteiger charge is 2.24. The van der Waals surface area contributed by atoms with E-state index in [1.807, 2.05) is 24.3 Å². The summed E-state index contributed by atoms with van der Waals surface area (Å²) in [5.41, 5.74) is 8.03. The van der Waals surface area contributed by atoms with E-state index in [1.54, 1.807) is 6.07 Å². The number of furan rings is 1. The highest BCUT2D eigenvalue weighted by Crippen LogP contribution is 2.23. The minimum atomic E-state index is -0.224. The molecule has 6 heteroatoms. The number of hydrogen-bond acceptors (Lipinski definition) is 4. The van der Waals surface area contributed by atoms with E-state index in [1.165, 1.54) is 12.5 Å². The Balaban J connectivity index is 1.57. The first kappa shape index (κ1) is 16.1. The molecule has 1 saturated heterocycles. The van der Waals surface area contributed by atoms with E-state index in [9.17, 15) is 9.59 Å². The molecule has 126 valence electrons. The zero-order valence-corrected chi connectivity index (χ0v) is 13.4. The van der Waals surface area contributed by atoms with Gasteiger partial charge < -0.3 is 20.4 Å². The lowest BCUT2D eigenvalue weighted by atomic mass is 9.97. The van der Waals surface area contributed by atoms with Gasteiger partial charge in [-0.25, -0.2) is 0 Å². The van der Waals surface area contributed by atoms with Crippen LogP contribution in [0.15, 0.2) is 47.3 Å². The first-order valence-electron chi connectivity index (χ1n) is 8.07. The summed E-state index contributed by atoms with van der Waals surface area (Å²) in [6, 6.07) is 9.63. The van der Waals surface area contributed by atoms with Gasteiger partial charge in [-0.3, -0.25) is 9.59 Å². The van der Waals surface area contributed by atoms with Gasteiger partial charge in [0.15, 0.2) is 0 Å². The van der Waals surface area contributed by atoms with Crippen molar-refractivity contribution >= 4 is 17.5 Å². The molecule has 1 aliphatic heterocycles. The fourth-order valence-electron chi connectivity index (χ4n) is 2.95. The third-order valence-corrected chi connectivity index (χ3v) is 4.36. The van der Waals surface area contributed by atoms with E-state index in [4.69, 9.17) is 10.2 Å². The second kappa shape index (κ2) is 7.21. The molecule has 0 saturated carbocycles. The number of anilines is 1. The summed E-state index contributed by atoms with van der Waals surface area (Å²) in [5.74, 6) is -0.459. The Bertz CT molecular complexity index is 695. The lowest BCUT2D eigenvalue weighted by Gasteiger charge is -2.33. The predicted octanol–water partition coefficient (Wildman–Crippen LogP) is 1.91. The van der Waals surface area contributed by atoms with Gasteiger partial charge in [0.05, 0.1) is 17.7 Å². The normalized spacial score (nSPS) is 17.5. The van der Waals surface area contributed by atoms with E-state index in [0.29, 0.717) is 18.7 Å². The van der Waals surface area contributed by atoms with Crippen LogP contribution in [-0.4, -0.2) is 24.9 Å². The number of nitrogens with two attached hydrogens (primary N) is 1. The molecule has 0 radical (unpaired) electrons. The average Bonchev–Trinajstić information content (AvgIpc) is 3.15. The molecule has 2 aromatic rings. The highest BCUT2D eigenvalue weighted by molar-refractivity contribution is 5.93. The number of nitrogens with zero attached hydrogens (tertiary/aromatic N) is 1. The number of piperidine rings is 1. The maximum Gasteiger partial charge on any atom is 0.254 e. The van der Waals surface area contributed by atoms with Gasteiger partial charge in [0.25, 0.3) is 5.91 Å². The molecule has 1 aliphatic rings. The van der Waals surface area contributed by atoms with E-state index in [2.05, 4.69) is 10.2 Å². The molecule has 1 aromatic carbocycles. The summed E-state index contributed by atoms with van der Waals surface area (Å²) in [5, 5.41) is 2.85. The molecule has 3 rings (SSSR count). The van der Waals surface area contributed by atoms with Crippen molar-refractivity contribution in [2.75, 3.05) is 18.0 Å². The minimum Gasteiger partial charge on any atom is -0.472 e. The Morgan fingerprint density at radius 1 is 1.25 bits per heavy atom. The van der Waals surface area contributed by atoms with Crippen molar-refractivity contribution in [1.82, 2.24) is 5.32 Å². The molecular formula is C18H21N3O3. The third-order valence-electron chi connectivity index (χ3n) is 4.36. The summed E-state index contributed by atoms with van der Waals surface area (Å²) in [7, 11) is 0. The number of benzene rings is 1. The summed E-state index contributed by atoms with van der Waals surface area (Å²) in [6.07, 6.45) is 4.73. The smallest absolute Gasteiger partial charge is 0.254 e. The first-order valence-corrected chi connectivity index (χ1v) is 8.07. The molecule has 6 nitrogen and oxygen atoms in total. The van der Waals surface area contributed by atoms with Gasteiger partial charge in [0.1, 0.15) is 6.26 Å². The Morgan fingerprint density at radius 3 is 2.71 bits per heavy atom. The van der Waals surface area contributed by atoms with Crippen LogP contribution in [0, 0.1) is 5.92 Å². The molecule has 1 fully saturated rings. The molecule has 1 aromatic heterocycles. The van der Waals surface area contributed by atoms with Crippen molar-refractivity contribution in [3.63, 3.8) is 0 Å². The van der Waals surface area contributed by atoms with Gasteiger partial charge in [-0.1, -0.05) is 12.1 Å². The average molecular weight is 327 g/mol. The first-order chi connectivity index (χ1) is 11.6. The van der Waals surface area contributed by atoms with Gasteiger partial charge >= 0.3 is 0 Å². The van der Waals surface area contributed by atoms with E-state index < -0.39 is 0 Å². The van der Waals surface area contributed by atoms with Crippen LogP contribution in [0.4, 0.5) is 5.69 Å². The van der Waals surface area contributed by atoms with Crippen molar-refractivity contribution in [1.29, 1.82) is 0 Å². The van der Waals surface area contributed by atoms with Crippen LogP contribution in [0.1, 0.15) is 28.8 Å². The summed E-state index contributed by atoms with van der Waals surface area (Å²) in [4.78, 5) is 25.4. The van der Waals surface area contributed by atoms with Gasteiger partial charge in [0, 0.05) is 25.3 Å². The van der Waals surface area contributed by atoms with E-state index in [-0.39, 0.29) is 17.7 Å². The van der Waals surface area contributed by atoms with Crippen LogP contribution >= 0.6 is 0 Å². The second-order valence-electron chi connectivity index (χ2n) is 6.05. The Kier molecular flexibility index (Phi) is 4.84. The highest BCUT2D eigenvalue weighted by atomic mass is 16.3. The third kappa shape index (κ3) is 3.76. The largest absolute Gasteiger partial charge is 0.472 e. The Morgan fingerprint density at radius 2 is 2.04 bits per heavy atom. The number of nitrogens with one attached hydrogen (secondary N) is 1. The quantitative estimate of drug-likeness (QED) is 0.878. The molecule has 1 atom stereocenters. The van der Waals surface area contributed by atoms with Gasteiger partial charge in [0.2, 0.25) is 5.91 Å². The van der Waals surface area contributed by atoms with Crippen molar-refractivity contribution in [2.45, 2.75) is 19.4 Å². The lowest BCUT2D eigenvalue weighted by molar-refractivity contribution is -0.122. The zero-order valence-electron chi connectivity index (χ0n) is 13.4. The van der Waals surface area contributed by atoms with E-state index >= 15 is 0 Å². The monoisotopic (exact) mass is 327 g/mol. The lowest BCUT2D eigenvalue weighted by Crippen LogP contribution is -2.41. The number of hydrogen-bond donors (Lipinski definition) is 2. The molecule has 3 N–H and O–H groups in total. The maximum absolute atomic E-state index is 11.9. The molecule has 0 unspecified atom stereocenters. The number of carbonyl (C=O) groups is 2. The molecule has 0 bridgehead atoms. The Hall–Kier alpha value is -2.76. The standard InChI is InChI=1S/C18H21N3O3/c19-17(22)14-2-1-8-21(11-14)16-5-3-13(4-6-16)10-20-18(23)15-7-9-24-12-15/h3-7,9,12,14H,1-2,8,10-11H2,(H2,19,22)(H,20,23)/t14-/m1/s1. The maximum atomic E-state index is 11.9. The van der Waals surface area contributed by atoms with Gasteiger partial charge in [-0.15, -0.1) is 0 Å². The van der Waals surface area contributed by atoms with Crippen LogP contribution in [0.25, 0.3) is 0 Å². The SMILES string of the molecule is NC(=O)[C@@H]1CCCN(c2ccc(CNC(=O)c3ccoc3)cc2)C1. The minimum absolute atomic E-state index is 0.0762. The molecule has 0 aliphatic carbocycles. The topological polar surface area (TPSA) is 88.6 Å². The van der Waals surface area contributed by atoms with Crippen LogP contribution in [0.2, 0.25) is 0 Å². The fourth-order valence-corrected chi connectivity index (χ4v) is 2.95. The van der Waals surface area contributed by atoms with Crippen molar-refractivity contribution in [2.24, 2.45) is 11.7 Å². The number of amides is 2. The van der Waals surface area contributed by atoms with Crippen LogP contribution in [0.3, 0.4) is 0 Å². The number of rotatable bonds is 5. The van der Waals surface area contributed by atoms with Crippen molar-refractivity contribution < 1.29 is 14.0 Å². The van der Waals surface area contributed by atoms with Crippen LogP contribution in [-0.2, 0) is 11.3 Å². The molecule has 2 amide bonds. The predicted molar refractivity (Wildman–Crippen MR) is 90.5 cm³/mol. The zero-order chi connectivity index (χ0) is 16.9. The van der Waals surface area contributed by atoms with Crippen LogP contribution < -0.4 is 16.0 Å². The van der Waals surface area contributed by atoms with E-state index in [0.717, 1.165) is 30.6 Å². The van der Waals surface area contributed by atoms with Gasteiger partial charge in [-0.2, -0.15) is 0 Å². The molecule has 0 spiro atoms. The summed E-state index contributed by atoms with van der Waals surface area (Å²) < 4.78 is 4.90. The van der Waals surface area contributed by atoms with Crippen molar-refractivity contribution in [3.8, 4) is 0 Å². The fraction of sp³-hybridized carbons (Fsp3) is 0.333. The number of primary amides is 1. The van der Waals surface area contributed by atoms with Crippen molar-refractivity contribution in [3.05, 3.63) is 54.0 Å². The second-order valence-corrected chi connectivity index (χ2v) is 6.05. The molecule has 2 heterocycles. The molecular weight excluding hydrogens is 306 g/mol. The summed E-state index contributed by atoms with van der Waals surface area (Å²) >= 11 is 0. The summed E-state index contributed by atoms with van der Waals surface area (Å²) in [6.45, 7) is 2.06. The number of carbonyl (C=O) groups excluding carboxylic acids is 2. The van der Waals surface area contributed by atoms with Crippen LogP contribution in [0.5, 0.6) is 0 Å². The van der Waals surface area contributed by atoms with Gasteiger partial charge in [-0.05, 0) is 36.6 Å². The Labute approximate surface area is 140 Å².